The van der Waals surface area contributed by atoms with E-state index in [1.165, 1.54) is 6.26 Å². The maximum Gasteiger partial charge on any atom is 0.158 e. The Morgan fingerprint density at radius 3 is 2.62 bits per heavy atom. The molecular formula is C28H33N7O4S. The van der Waals surface area contributed by atoms with Gasteiger partial charge in [0.05, 0.1) is 41.9 Å². The smallest absolute Gasteiger partial charge is 0.158 e. The van der Waals surface area contributed by atoms with E-state index in [0.717, 1.165) is 39.4 Å². The lowest BCUT2D eigenvalue weighted by molar-refractivity contribution is 0.198. The van der Waals surface area contributed by atoms with Crippen molar-refractivity contribution in [1.29, 1.82) is 0 Å². The van der Waals surface area contributed by atoms with E-state index in [4.69, 9.17) is 19.8 Å². The van der Waals surface area contributed by atoms with Crippen molar-refractivity contribution in [2.45, 2.75) is 32.4 Å². The molecule has 1 N–H and O–H groups in total. The zero-order chi connectivity index (χ0) is 28.2. The standard InChI is InChI=1S/C28H33N7O4S/c1-17-22-13-30-35(25(22)11-24(31-17)23-12-29-7-5-26(23)39-3)28-10-20(9-27(32-28)33-8-6-21(36)15-33)34-14-19(18(34)2)16-40(4,37)38/h5,7,9-13,18-19,21,36H,6,8,14-16H2,1-4H3/t18-,19-,21-/m1/s1. The van der Waals surface area contributed by atoms with Crippen LogP contribution < -0.4 is 14.5 Å². The van der Waals surface area contributed by atoms with E-state index in [2.05, 4.69) is 21.7 Å². The second-order valence-corrected chi connectivity index (χ2v) is 13.0. The molecule has 2 aliphatic heterocycles. The van der Waals surface area contributed by atoms with Gasteiger partial charge in [0.25, 0.3) is 0 Å². The average Bonchev–Trinajstić information content (AvgIpc) is 3.56. The minimum Gasteiger partial charge on any atom is -0.496 e. The number of rotatable bonds is 7. The van der Waals surface area contributed by atoms with Gasteiger partial charge in [-0.3, -0.25) is 9.97 Å². The van der Waals surface area contributed by atoms with Crippen LogP contribution in [0.1, 0.15) is 19.0 Å². The summed E-state index contributed by atoms with van der Waals surface area (Å²) in [5, 5.41) is 15.8. The summed E-state index contributed by atoms with van der Waals surface area (Å²) in [7, 11) is -1.44. The first-order valence-corrected chi connectivity index (χ1v) is 15.4. The lowest BCUT2D eigenvalue weighted by atomic mass is 9.91. The number of nitrogens with zero attached hydrogens (tertiary/aromatic N) is 7. The van der Waals surface area contributed by atoms with Crippen LogP contribution in [0.5, 0.6) is 5.75 Å². The molecule has 40 heavy (non-hydrogen) atoms. The number of hydrogen-bond donors (Lipinski definition) is 1. The van der Waals surface area contributed by atoms with Crippen molar-refractivity contribution in [2.75, 3.05) is 48.6 Å². The fraction of sp³-hybridized carbons (Fsp3) is 0.429. The van der Waals surface area contributed by atoms with Gasteiger partial charge in [-0.15, -0.1) is 0 Å². The van der Waals surface area contributed by atoms with E-state index in [9.17, 15) is 13.5 Å². The predicted molar refractivity (Wildman–Crippen MR) is 154 cm³/mol. The van der Waals surface area contributed by atoms with E-state index in [0.29, 0.717) is 37.6 Å². The molecule has 12 heteroatoms. The zero-order valence-electron chi connectivity index (χ0n) is 23.0. The molecule has 0 aromatic carbocycles. The number of fused-ring (bicyclic) bond motifs is 1. The molecule has 210 valence electrons. The van der Waals surface area contributed by atoms with E-state index >= 15 is 0 Å². The van der Waals surface area contributed by atoms with Gasteiger partial charge in [-0.2, -0.15) is 5.10 Å². The Morgan fingerprint density at radius 1 is 1.12 bits per heavy atom. The Balaban J connectivity index is 1.45. The van der Waals surface area contributed by atoms with Crippen molar-refractivity contribution in [1.82, 2.24) is 24.7 Å². The van der Waals surface area contributed by atoms with E-state index < -0.39 is 15.9 Å². The zero-order valence-corrected chi connectivity index (χ0v) is 23.8. The molecule has 0 saturated carbocycles. The maximum absolute atomic E-state index is 11.9. The molecule has 3 atom stereocenters. The van der Waals surface area contributed by atoms with Gasteiger partial charge in [0.2, 0.25) is 0 Å². The second kappa shape index (κ2) is 10.0. The van der Waals surface area contributed by atoms with Crippen LogP contribution in [0.25, 0.3) is 28.0 Å². The average molecular weight is 564 g/mol. The van der Waals surface area contributed by atoms with Crippen molar-refractivity contribution in [3.63, 3.8) is 0 Å². The summed E-state index contributed by atoms with van der Waals surface area (Å²) in [4.78, 5) is 18.4. The molecule has 0 radical (unpaired) electrons. The predicted octanol–water partition coefficient (Wildman–Crippen LogP) is 2.63. The first-order valence-electron chi connectivity index (χ1n) is 13.3. The van der Waals surface area contributed by atoms with Gasteiger partial charge in [-0.1, -0.05) is 0 Å². The molecule has 4 aromatic heterocycles. The molecule has 0 spiro atoms. The Hall–Kier alpha value is -3.77. The molecule has 0 unspecified atom stereocenters. The molecule has 0 bridgehead atoms. The quantitative estimate of drug-likeness (QED) is 0.359. The molecule has 2 fully saturated rings. The van der Waals surface area contributed by atoms with Gasteiger partial charge in [0.1, 0.15) is 21.4 Å². The van der Waals surface area contributed by atoms with Crippen LogP contribution in [0, 0.1) is 12.8 Å². The SMILES string of the molecule is COc1ccncc1-c1cc2c(cnn2-c2cc(N3C[C@H](CS(C)(=O)=O)[C@H]3C)cc(N3CC[C@@H](O)C3)n2)c(C)n1. The Bertz CT molecular complexity index is 1690. The molecule has 11 nitrogen and oxygen atoms in total. The first-order chi connectivity index (χ1) is 19.1. The number of aliphatic hydroxyl groups excluding tert-OH is 1. The number of ether oxygens (including phenoxy) is 1. The van der Waals surface area contributed by atoms with Crippen molar-refractivity contribution in [3.8, 4) is 22.8 Å². The molecular weight excluding hydrogens is 530 g/mol. The minimum absolute atomic E-state index is 0.0625. The van der Waals surface area contributed by atoms with Crippen LogP contribution in [0.2, 0.25) is 0 Å². The van der Waals surface area contributed by atoms with Crippen LogP contribution in [0.15, 0.2) is 42.9 Å². The number of aromatic nitrogens is 5. The minimum atomic E-state index is -3.06. The van der Waals surface area contributed by atoms with Crippen LogP contribution >= 0.6 is 0 Å². The summed E-state index contributed by atoms with van der Waals surface area (Å²) in [6.07, 6.45) is 6.79. The summed E-state index contributed by atoms with van der Waals surface area (Å²) in [6, 6.07) is 7.86. The molecule has 0 aliphatic carbocycles. The number of aryl methyl sites for hydroxylation is 1. The third-order valence-corrected chi connectivity index (χ3v) is 9.01. The number of aliphatic hydroxyl groups is 1. The fourth-order valence-electron chi connectivity index (χ4n) is 5.73. The second-order valence-electron chi connectivity index (χ2n) is 10.8. The summed E-state index contributed by atoms with van der Waals surface area (Å²) >= 11 is 0. The van der Waals surface area contributed by atoms with E-state index in [-0.39, 0.29) is 17.7 Å². The normalized spacial score (nSPS) is 21.2. The fourth-order valence-corrected chi connectivity index (χ4v) is 6.90. The third kappa shape index (κ3) is 4.86. The number of β-amino-alcohol motifs (C(OH)–C–C–N with tert-alkyl or cyclic N) is 1. The van der Waals surface area contributed by atoms with Gasteiger partial charge < -0.3 is 19.6 Å². The highest BCUT2D eigenvalue weighted by molar-refractivity contribution is 7.90. The van der Waals surface area contributed by atoms with E-state index in [1.807, 2.05) is 29.8 Å². The largest absolute Gasteiger partial charge is 0.496 e. The Kier molecular flexibility index (Phi) is 6.62. The van der Waals surface area contributed by atoms with Gasteiger partial charge in [0.15, 0.2) is 5.82 Å². The summed E-state index contributed by atoms with van der Waals surface area (Å²) < 4.78 is 31.2. The van der Waals surface area contributed by atoms with Crippen LogP contribution in [0.4, 0.5) is 11.5 Å². The molecule has 2 saturated heterocycles. The topological polar surface area (TPSA) is 127 Å². The molecule has 0 amide bonds. The van der Waals surface area contributed by atoms with Crippen molar-refractivity contribution < 1.29 is 18.3 Å². The number of pyridine rings is 3. The Labute approximate surface area is 233 Å². The highest BCUT2D eigenvalue weighted by Gasteiger charge is 2.38. The van der Waals surface area contributed by atoms with Crippen molar-refractivity contribution in [3.05, 3.63) is 48.5 Å². The van der Waals surface area contributed by atoms with Crippen molar-refractivity contribution >= 4 is 32.2 Å². The molecule has 4 aromatic rings. The van der Waals surface area contributed by atoms with Crippen LogP contribution in [-0.2, 0) is 9.84 Å². The number of hydrogen-bond acceptors (Lipinski definition) is 10. The lowest BCUT2D eigenvalue weighted by Gasteiger charge is -2.48. The highest BCUT2D eigenvalue weighted by atomic mass is 32.2. The highest BCUT2D eigenvalue weighted by Crippen LogP contribution is 2.36. The maximum atomic E-state index is 11.9. The van der Waals surface area contributed by atoms with Crippen molar-refractivity contribution in [2.24, 2.45) is 5.92 Å². The molecule has 6 rings (SSSR count). The van der Waals surface area contributed by atoms with Gasteiger partial charge in [-0.05, 0) is 32.4 Å². The molecule has 6 heterocycles. The monoisotopic (exact) mass is 563 g/mol. The van der Waals surface area contributed by atoms with E-state index in [1.54, 1.807) is 31.8 Å². The summed E-state index contributed by atoms with van der Waals surface area (Å²) in [5.74, 6) is 2.31. The number of anilines is 2. The number of sulfone groups is 1. The summed E-state index contributed by atoms with van der Waals surface area (Å²) in [5.41, 5.74) is 4.11. The van der Waals surface area contributed by atoms with Crippen LogP contribution in [0.3, 0.4) is 0 Å². The summed E-state index contributed by atoms with van der Waals surface area (Å²) in [6.45, 7) is 5.87. The number of methoxy groups -OCH3 is 1. The first kappa shape index (κ1) is 26.5. The lowest BCUT2D eigenvalue weighted by Crippen LogP contribution is -2.57. The van der Waals surface area contributed by atoms with Crippen LogP contribution in [-0.4, -0.2) is 89.2 Å². The van der Waals surface area contributed by atoms with Gasteiger partial charge in [-0.25, -0.2) is 18.1 Å². The third-order valence-electron chi connectivity index (χ3n) is 7.98. The van der Waals surface area contributed by atoms with Gasteiger partial charge in [0, 0.05) is 79.1 Å². The van der Waals surface area contributed by atoms with Gasteiger partial charge >= 0.3 is 0 Å². The Morgan fingerprint density at radius 2 is 1.93 bits per heavy atom. The molecule has 2 aliphatic rings.